The Hall–Kier alpha value is -0.950. The molecule has 0 aromatic heterocycles. The van der Waals surface area contributed by atoms with Gasteiger partial charge in [-0.15, -0.1) is 0 Å². The van der Waals surface area contributed by atoms with Gasteiger partial charge in [0, 0.05) is 12.7 Å². The Bertz CT molecular complexity index is 246. The van der Waals surface area contributed by atoms with Crippen LogP contribution in [0.4, 0.5) is 0 Å². The maximum atomic E-state index is 9.89. The Labute approximate surface area is 63.6 Å². The van der Waals surface area contributed by atoms with E-state index in [4.69, 9.17) is 13.0 Å². The highest BCUT2D eigenvalue weighted by atomic mass is 32.2. The van der Waals surface area contributed by atoms with Gasteiger partial charge in [-0.2, -0.15) is 0 Å². The average molecular weight is 179 g/mol. The summed E-state index contributed by atoms with van der Waals surface area (Å²) in [4.78, 5) is 13.0. The van der Waals surface area contributed by atoms with E-state index in [-0.39, 0.29) is 12.5 Å². The highest BCUT2D eigenvalue weighted by Gasteiger charge is 1.87. The smallest absolute Gasteiger partial charge is 0.124 e. The van der Waals surface area contributed by atoms with Crippen LogP contribution in [-0.2, 0) is 19.6 Å². The first-order chi connectivity index (χ1) is 4.89. The number of rotatable bonds is 0. The van der Waals surface area contributed by atoms with E-state index in [2.05, 4.69) is 9.73 Å². The minimum Gasteiger partial charge on any atom is -0.748 e. The molecule has 0 N–H and O–H groups in total. The van der Waals surface area contributed by atoms with Crippen LogP contribution in [0, 0.1) is 0 Å². The third kappa shape index (κ3) is 12.3. The van der Waals surface area contributed by atoms with Gasteiger partial charge >= 0.3 is 0 Å². The minimum absolute atomic E-state index is 0.0694. The van der Waals surface area contributed by atoms with E-state index >= 15 is 0 Å². The summed E-state index contributed by atoms with van der Waals surface area (Å²) in [5.41, 5.74) is 0. The second-order valence-corrected chi connectivity index (χ2v) is 3.00. The third-order valence-corrected chi connectivity index (χ3v) is 0.431. The van der Waals surface area contributed by atoms with Crippen LogP contribution in [0.3, 0.4) is 0 Å². The predicted molar refractivity (Wildman–Crippen MR) is 34.0 cm³/mol. The summed E-state index contributed by atoms with van der Waals surface area (Å²) in [7, 11) is -3.92. The van der Waals surface area contributed by atoms with Crippen molar-refractivity contribution < 1.29 is 22.5 Å². The zero-order valence-corrected chi connectivity index (χ0v) is 6.42. The molecule has 0 bridgehead atoms. The molecule has 11 heavy (non-hydrogen) atoms. The van der Waals surface area contributed by atoms with Crippen LogP contribution < -0.4 is 0 Å². The maximum Gasteiger partial charge on any atom is 0.124 e. The first kappa shape index (κ1) is 10.0. The quantitative estimate of drug-likeness (QED) is 0.337. The molecule has 6 nitrogen and oxygen atoms in total. The first-order valence-corrected chi connectivity index (χ1v) is 4.22. The van der Waals surface area contributed by atoms with E-state index in [9.17, 15) is 4.79 Å². The Morgan fingerprint density at radius 3 is 2.27 bits per heavy atom. The molecule has 0 atom stereocenters. The van der Waals surface area contributed by atoms with Crippen LogP contribution in [0.5, 0.6) is 0 Å². The van der Waals surface area contributed by atoms with E-state index in [0.717, 1.165) is 0 Å². The molecule has 1 amide bonds. The molecule has 7 heteroatoms. The number of hydrogen-bond acceptors (Lipinski definition) is 5. The van der Waals surface area contributed by atoms with Gasteiger partial charge < -0.3 is 19.1 Å². The van der Waals surface area contributed by atoms with Crippen molar-refractivity contribution in [2.75, 3.05) is 12.9 Å². The third-order valence-electron chi connectivity index (χ3n) is 0.431. The average Bonchev–Trinajstić information content (AvgIpc) is 2.12. The van der Waals surface area contributed by atoms with Gasteiger partial charge in [0.05, 0.1) is 16.7 Å². The number of ether oxygens (including phenoxy) is 1. The highest BCUT2D eigenvalue weighted by Crippen LogP contribution is 1.83. The summed E-state index contributed by atoms with van der Waals surface area (Å²) < 4.78 is 31.5. The summed E-state index contributed by atoms with van der Waals surface area (Å²) in [5, 5.41) is 0. The van der Waals surface area contributed by atoms with E-state index in [1.807, 2.05) is 6.40 Å². The molecule has 64 valence electrons. The van der Waals surface area contributed by atoms with E-state index in [1.165, 1.54) is 0 Å². The van der Waals surface area contributed by atoms with Gasteiger partial charge in [0.1, 0.15) is 5.91 Å². The summed E-state index contributed by atoms with van der Waals surface area (Å²) in [5.74, 6) is -0.255. The molecule has 0 saturated heterocycles. The maximum absolute atomic E-state index is 9.89. The molecule has 0 aromatic rings. The lowest BCUT2D eigenvalue weighted by Gasteiger charge is -1.90. The number of carbonyl (C=O) groups is 1. The SMILES string of the molecule is CS(=O)(=O)[O-].O=C1CO[C-]=N1. The van der Waals surface area contributed by atoms with Crippen molar-refractivity contribution in [1.82, 2.24) is 0 Å². The Morgan fingerprint density at radius 1 is 1.73 bits per heavy atom. The Balaban J connectivity index is 0.000000187. The summed E-state index contributed by atoms with van der Waals surface area (Å²) in [6.07, 6.45) is 2.65. The van der Waals surface area contributed by atoms with Gasteiger partial charge in [-0.1, -0.05) is 0 Å². The molecule has 0 unspecified atom stereocenters. The lowest BCUT2D eigenvalue weighted by atomic mass is 10.7. The Kier molecular flexibility index (Phi) is 3.69. The van der Waals surface area contributed by atoms with Crippen molar-refractivity contribution in [2.24, 2.45) is 4.99 Å². The van der Waals surface area contributed by atoms with Gasteiger partial charge in [-0.05, 0) is 0 Å². The molecule has 0 saturated carbocycles. The molecule has 1 aliphatic rings. The second kappa shape index (κ2) is 4.04. The lowest BCUT2D eigenvalue weighted by molar-refractivity contribution is -0.118. The predicted octanol–water partition coefficient (Wildman–Crippen LogP) is -1.39. The van der Waals surface area contributed by atoms with Crippen LogP contribution in [0.2, 0.25) is 0 Å². The van der Waals surface area contributed by atoms with Crippen LogP contribution in [0.25, 0.3) is 0 Å². The molecule has 1 rings (SSSR count). The zero-order valence-electron chi connectivity index (χ0n) is 5.60. The summed E-state index contributed by atoms with van der Waals surface area (Å²) in [6, 6.07) is 0. The standard InChI is InChI=1S/C3H2NO2.CH4O3S/c5-3-1-6-2-4-3;1-5(2,3)4/h1H2;1H3,(H,2,3,4)/q-1;/p-1. The van der Waals surface area contributed by atoms with Gasteiger partial charge in [0.2, 0.25) is 0 Å². The molecular weight excluding hydrogens is 174 g/mol. The molecule has 0 radical (unpaired) electrons. The molecule has 0 aromatic carbocycles. The monoisotopic (exact) mass is 179 g/mol. The first-order valence-electron chi connectivity index (χ1n) is 2.41. The molecule has 0 fully saturated rings. The Morgan fingerprint density at radius 2 is 2.18 bits per heavy atom. The minimum atomic E-state index is -3.92. The fourth-order valence-corrected chi connectivity index (χ4v) is 0.209. The normalized spacial score (nSPS) is 15.3. The zero-order chi connectivity index (χ0) is 8.91. The van der Waals surface area contributed by atoms with Crippen LogP contribution in [-0.4, -0.2) is 38.1 Å². The lowest BCUT2D eigenvalue weighted by Crippen LogP contribution is -1.92. The largest absolute Gasteiger partial charge is 0.748 e. The summed E-state index contributed by atoms with van der Waals surface area (Å²) in [6.45, 7) is 0.0694. The number of aliphatic imine (C=N–C) groups is 1. The topological polar surface area (TPSA) is 95.9 Å². The van der Waals surface area contributed by atoms with E-state index in [1.54, 1.807) is 0 Å². The van der Waals surface area contributed by atoms with Crippen molar-refractivity contribution >= 4 is 22.4 Å². The van der Waals surface area contributed by atoms with Crippen molar-refractivity contribution in [1.29, 1.82) is 0 Å². The van der Waals surface area contributed by atoms with Gasteiger partial charge in [-0.25, -0.2) is 8.42 Å². The molecule has 1 aliphatic heterocycles. The van der Waals surface area contributed by atoms with Gasteiger partial charge in [0.25, 0.3) is 0 Å². The fraction of sp³-hybridized carbons (Fsp3) is 0.500. The number of amides is 1. The van der Waals surface area contributed by atoms with Crippen LogP contribution >= 0.6 is 0 Å². The van der Waals surface area contributed by atoms with Crippen molar-refractivity contribution in [3.63, 3.8) is 0 Å². The molecular formula is C4H5NO5S-2. The number of nitrogens with zero attached hydrogens (tertiary/aromatic N) is 1. The van der Waals surface area contributed by atoms with E-state index in [0.29, 0.717) is 6.26 Å². The fourth-order valence-electron chi connectivity index (χ4n) is 0.209. The van der Waals surface area contributed by atoms with Crippen LogP contribution in [0.15, 0.2) is 4.99 Å². The number of hydrogen-bond donors (Lipinski definition) is 0. The van der Waals surface area contributed by atoms with Crippen LogP contribution in [0.1, 0.15) is 0 Å². The van der Waals surface area contributed by atoms with Crippen molar-refractivity contribution in [2.45, 2.75) is 0 Å². The second-order valence-electron chi connectivity index (χ2n) is 1.59. The van der Waals surface area contributed by atoms with E-state index < -0.39 is 10.1 Å². The molecule has 0 aliphatic carbocycles. The van der Waals surface area contributed by atoms with Gasteiger partial charge in [0.15, 0.2) is 0 Å². The van der Waals surface area contributed by atoms with Gasteiger partial charge in [-0.3, -0.25) is 0 Å². The highest BCUT2D eigenvalue weighted by molar-refractivity contribution is 7.84. The molecule has 0 spiro atoms. The molecule has 1 heterocycles. The summed E-state index contributed by atoms with van der Waals surface area (Å²) >= 11 is 0. The van der Waals surface area contributed by atoms with Crippen molar-refractivity contribution in [3.8, 4) is 0 Å². The number of carbonyl (C=O) groups excluding carboxylic acids is 1. The van der Waals surface area contributed by atoms with Crippen molar-refractivity contribution in [3.05, 3.63) is 0 Å².